The molecule has 50 heavy (non-hydrogen) atoms. The van der Waals surface area contributed by atoms with Crippen LogP contribution in [0.5, 0.6) is 17.2 Å². The van der Waals surface area contributed by atoms with Crippen LogP contribution >= 0.6 is 11.6 Å². The minimum Gasteiger partial charge on any atom is -0.493 e. The summed E-state index contributed by atoms with van der Waals surface area (Å²) in [5.74, 6) is 2.92. The Kier molecular flexibility index (Phi) is 9.97. The van der Waals surface area contributed by atoms with Gasteiger partial charge in [-0.3, -0.25) is 4.98 Å². The number of anilines is 1. The van der Waals surface area contributed by atoms with E-state index in [4.69, 9.17) is 25.8 Å². The van der Waals surface area contributed by atoms with Crippen LogP contribution in [0.15, 0.2) is 48.7 Å². The van der Waals surface area contributed by atoms with Crippen LogP contribution in [-0.2, 0) is 23.1 Å². The molecule has 2 N–H and O–H groups in total. The average Bonchev–Trinajstić information content (AvgIpc) is 3.37. The summed E-state index contributed by atoms with van der Waals surface area (Å²) in [7, 11) is 4.15. The van der Waals surface area contributed by atoms with Crippen molar-refractivity contribution in [2.24, 2.45) is 11.8 Å². The highest BCUT2D eigenvalue weighted by atomic mass is 35.5. The van der Waals surface area contributed by atoms with E-state index < -0.39 is 11.5 Å². The number of halogens is 1. The molecule has 2 aromatic carbocycles. The summed E-state index contributed by atoms with van der Waals surface area (Å²) in [5, 5.41) is 14.7. The zero-order valence-electron chi connectivity index (χ0n) is 30.0. The molecule has 1 saturated carbocycles. The van der Waals surface area contributed by atoms with Gasteiger partial charge in [0.15, 0.2) is 11.5 Å². The van der Waals surface area contributed by atoms with Crippen molar-refractivity contribution in [1.29, 1.82) is 0 Å². The third kappa shape index (κ3) is 6.90. The van der Waals surface area contributed by atoms with Crippen LogP contribution in [-0.4, -0.2) is 66.5 Å². The lowest BCUT2D eigenvalue weighted by Crippen LogP contribution is -2.53. The largest absolute Gasteiger partial charge is 0.493 e. The molecule has 0 radical (unpaired) electrons. The molecule has 3 aliphatic carbocycles. The third-order valence-electron chi connectivity index (χ3n) is 12.0. The quantitative estimate of drug-likeness (QED) is 0.206. The summed E-state index contributed by atoms with van der Waals surface area (Å²) in [6, 6.07) is 13.9. The summed E-state index contributed by atoms with van der Waals surface area (Å²) in [6.07, 6.45) is 10.6. The molecule has 1 fully saturated rings. The van der Waals surface area contributed by atoms with Crippen molar-refractivity contribution in [2.45, 2.75) is 101 Å². The van der Waals surface area contributed by atoms with Gasteiger partial charge < -0.3 is 29.5 Å². The van der Waals surface area contributed by atoms with Crippen molar-refractivity contribution in [3.63, 3.8) is 0 Å². The van der Waals surface area contributed by atoms with E-state index in [0.717, 1.165) is 68.0 Å². The number of carboxylic acid groups (broad SMARTS) is 1. The number of ether oxygens (including phenoxy) is 3. The topological polar surface area (TPSA) is 93.2 Å². The number of fused-ring (bicyclic) bond motifs is 4. The van der Waals surface area contributed by atoms with Gasteiger partial charge in [0.05, 0.1) is 6.61 Å². The molecule has 3 aromatic rings. The van der Waals surface area contributed by atoms with E-state index in [1.54, 1.807) is 0 Å². The molecule has 7 rings (SSSR count). The first-order valence-corrected chi connectivity index (χ1v) is 18.9. The molecule has 1 spiro atoms. The highest BCUT2D eigenvalue weighted by molar-refractivity contribution is 6.30. The van der Waals surface area contributed by atoms with Gasteiger partial charge in [0.2, 0.25) is 0 Å². The summed E-state index contributed by atoms with van der Waals surface area (Å²) >= 11 is 6.29. The lowest BCUT2D eigenvalue weighted by molar-refractivity contribution is -0.144. The first-order chi connectivity index (χ1) is 24.0. The summed E-state index contributed by atoms with van der Waals surface area (Å²) < 4.78 is 19.5. The molecule has 1 aliphatic heterocycles. The molecule has 1 aromatic heterocycles. The van der Waals surface area contributed by atoms with Crippen LogP contribution in [0.3, 0.4) is 0 Å². The van der Waals surface area contributed by atoms with Crippen molar-refractivity contribution in [3.8, 4) is 17.2 Å². The van der Waals surface area contributed by atoms with Gasteiger partial charge in [0.25, 0.3) is 0 Å². The third-order valence-corrected chi connectivity index (χ3v) is 12.2. The predicted octanol–water partition coefficient (Wildman–Crippen LogP) is 8.29. The lowest BCUT2D eigenvalue weighted by Gasteiger charge is -2.47. The van der Waals surface area contributed by atoms with E-state index in [1.165, 1.54) is 35.2 Å². The minimum atomic E-state index is -1.07. The summed E-state index contributed by atoms with van der Waals surface area (Å²) in [5.41, 5.74) is 4.59. The molecule has 8 nitrogen and oxygen atoms in total. The first-order valence-electron chi connectivity index (χ1n) is 18.5. The van der Waals surface area contributed by atoms with Gasteiger partial charge in [-0.25, -0.2) is 4.79 Å². The number of nitrogens with zero attached hydrogens (tertiary/aromatic N) is 2. The van der Waals surface area contributed by atoms with Gasteiger partial charge in [-0.2, -0.15) is 0 Å². The Labute approximate surface area is 301 Å². The molecule has 9 heteroatoms. The molecule has 4 aliphatic rings. The maximum Gasteiger partial charge on any atom is 0.329 e. The van der Waals surface area contributed by atoms with Crippen molar-refractivity contribution >= 4 is 23.3 Å². The van der Waals surface area contributed by atoms with E-state index in [9.17, 15) is 9.90 Å². The van der Waals surface area contributed by atoms with Crippen LogP contribution in [0.4, 0.5) is 5.69 Å². The van der Waals surface area contributed by atoms with Gasteiger partial charge in [-0.15, -0.1) is 0 Å². The summed E-state index contributed by atoms with van der Waals surface area (Å²) in [6.45, 7) is 6.70. The smallest absolute Gasteiger partial charge is 0.329 e. The molecule has 0 unspecified atom stereocenters. The van der Waals surface area contributed by atoms with Gasteiger partial charge >= 0.3 is 5.97 Å². The minimum absolute atomic E-state index is 0.00262. The highest BCUT2D eigenvalue weighted by Gasteiger charge is 2.54. The Morgan fingerprint density at radius 3 is 2.74 bits per heavy atom. The van der Waals surface area contributed by atoms with Crippen LogP contribution in [0, 0.1) is 11.8 Å². The van der Waals surface area contributed by atoms with E-state index in [1.807, 2.05) is 36.5 Å². The molecule has 268 valence electrons. The predicted molar refractivity (Wildman–Crippen MR) is 197 cm³/mol. The molecule has 2 heterocycles. The van der Waals surface area contributed by atoms with E-state index >= 15 is 0 Å². The van der Waals surface area contributed by atoms with Gasteiger partial charge in [-0.05, 0) is 143 Å². The first kappa shape index (κ1) is 34.9. The van der Waals surface area contributed by atoms with E-state index in [2.05, 4.69) is 55.3 Å². The number of aryl methyl sites for hydroxylation is 1. The fourth-order valence-electron chi connectivity index (χ4n) is 9.26. The SMILES string of the molecule is C[C@@H](COc1ccnc2c1[C@H](C)CCC2)C[C@H]1Cc2cc3c(cc2C12CCC(Nc1cccc(Cl)c1)(C(=O)O)CC2)O[C@H](CCN(C)C)CO3. The number of carbonyl (C=O) groups is 1. The van der Waals surface area contributed by atoms with Gasteiger partial charge in [0, 0.05) is 41.1 Å². The van der Waals surface area contributed by atoms with Crippen LogP contribution in [0.1, 0.15) is 93.5 Å². The monoisotopic (exact) mass is 701 g/mol. The second-order valence-electron chi connectivity index (χ2n) is 15.8. The van der Waals surface area contributed by atoms with Crippen molar-refractivity contribution in [3.05, 3.63) is 76.1 Å². The fourth-order valence-corrected chi connectivity index (χ4v) is 9.45. The van der Waals surface area contributed by atoms with E-state index in [0.29, 0.717) is 48.8 Å². The number of hydrogen-bond acceptors (Lipinski definition) is 7. The number of benzene rings is 2. The number of pyridine rings is 1. The maximum absolute atomic E-state index is 13.0. The number of hydrogen-bond donors (Lipinski definition) is 2. The standard InChI is InChI=1S/C41H52ClN3O5/c1-26(24-48-35-11-17-43-34-10-5-7-27(2)38(34)35)19-29-20-28-21-36-37(50-32(25-49-36)12-18-45(3)4)23-33(28)40(29)13-15-41(16-14-40,39(46)47)44-31-9-6-8-30(42)22-31/h6,8-9,11,17,21-23,26-27,29,32,44H,5,7,10,12-16,18-20,24-25H2,1-4H3,(H,46,47)/t26-,27-,29+,32-,40?,41?/m1/s1. The number of aliphatic carboxylic acids is 1. The molecule has 0 bridgehead atoms. The zero-order chi connectivity index (χ0) is 35.0. The molecule has 0 saturated heterocycles. The molecular weight excluding hydrogens is 650 g/mol. The van der Waals surface area contributed by atoms with Crippen LogP contribution in [0.25, 0.3) is 0 Å². The average molecular weight is 702 g/mol. The molecule has 0 amide bonds. The van der Waals surface area contributed by atoms with Crippen molar-refractivity contribution in [1.82, 2.24) is 9.88 Å². The Balaban J connectivity index is 1.15. The van der Waals surface area contributed by atoms with Gasteiger partial charge in [-0.1, -0.05) is 31.5 Å². The Bertz CT molecular complexity index is 1700. The van der Waals surface area contributed by atoms with E-state index in [-0.39, 0.29) is 11.5 Å². The Morgan fingerprint density at radius 1 is 1.16 bits per heavy atom. The zero-order valence-corrected chi connectivity index (χ0v) is 30.7. The van der Waals surface area contributed by atoms with Crippen molar-refractivity contribution < 1.29 is 24.1 Å². The summed E-state index contributed by atoms with van der Waals surface area (Å²) in [4.78, 5) is 19.8. The molecule has 4 atom stereocenters. The second kappa shape index (κ2) is 14.3. The maximum atomic E-state index is 13.0. The van der Waals surface area contributed by atoms with Gasteiger partial charge in [0.1, 0.15) is 24.0 Å². The Morgan fingerprint density at radius 2 is 1.98 bits per heavy atom. The number of aromatic nitrogens is 1. The lowest BCUT2D eigenvalue weighted by atomic mass is 9.59. The molecular formula is C41H52ClN3O5. The normalized spacial score (nSPS) is 27.4. The van der Waals surface area contributed by atoms with Crippen LogP contribution < -0.4 is 19.5 Å². The van der Waals surface area contributed by atoms with Crippen molar-refractivity contribution in [2.75, 3.05) is 39.2 Å². The fraction of sp³-hybridized carbons (Fsp3) is 0.561. The number of carboxylic acids is 1. The highest BCUT2D eigenvalue weighted by Crippen LogP contribution is 2.58. The number of nitrogens with one attached hydrogen (secondary N) is 1. The number of rotatable bonds is 11. The Hall–Kier alpha value is -3.49. The second-order valence-corrected chi connectivity index (χ2v) is 16.2. The van der Waals surface area contributed by atoms with Crippen LogP contribution in [0.2, 0.25) is 5.02 Å².